The third-order valence-corrected chi connectivity index (χ3v) is 1.75. The molecule has 0 radical (unpaired) electrons. The Morgan fingerprint density at radius 3 is 3.36 bits per heavy atom. The minimum atomic E-state index is -0.896. The number of aromatic nitrogens is 1. The highest BCUT2D eigenvalue weighted by molar-refractivity contribution is 5.29. The number of alkyl halides is 1. The fourth-order valence-electron chi connectivity index (χ4n) is 1.18. The van der Waals surface area contributed by atoms with Gasteiger partial charge in [-0.3, -0.25) is 0 Å². The molecule has 1 atom stereocenters. The molecule has 1 aliphatic rings. The normalized spacial score (nSPS) is 22.1. The van der Waals surface area contributed by atoms with E-state index in [9.17, 15) is 4.39 Å². The van der Waals surface area contributed by atoms with Gasteiger partial charge in [0.1, 0.15) is 6.17 Å². The van der Waals surface area contributed by atoms with Crippen LogP contribution in [-0.4, -0.2) is 11.6 Å². The number of halogens is 1. The fraction of sp³-hybridized carbons (Fsp3) is 0.375. The Kier molecular flexibility index (Phi) is 1.49. The molecular formula is C8H8FNO. The fourth-order valence-corrected chi connectivity index (χ4v) is 1.18. The van der Waals surface area contributed by atoms with Gasteiger partial charge in [0.25, 0.3) is 0 Å². The summed E-state index contributed by atoms with van der Waals surface area (Å²) in [7, 11) is 0. The second-order valence-electron chi connectivity index (χ2n) is 2.50. The van der Waals surface area contributed by atoms with E-state index in [4.69, 9.17) is 4.74 Å². The standard InChI is InChI=1S/C8H8FNO/c9-7-3-5-11-8-6(7)2-1-4-10-8/h1-2,4,7H,3,5H2. The van der Waals surface area contributed by atoms with Crippen molar-refractivity contribution >= 4 is 0 Å². The zero-order valence-corrected chi connectivity index (χ0v) is 5.96. The maximum absolute atomic E-state index is 13.1. The predicted molar refractivity (Wildman–Crippen MR) is 38.2 cm³/mol. The Morgan fingerprint density at radius 1 is 1.64 bits per heavy atom. The van der Waals surface area contributed by atoms with Crippen LogP contribution in [0.3, 0.4) is 0 Å². The van der Waals surface area contributed by atoms with Gasteiger partial charge in [-0.15, -0.1) is 0 Å². The summed E-state index contributed by atoms with van der Waals surface area (Å²) in [6, 6.07) is 3.44. The van der Waals surface area contributed by atoms with Gasteiger partial charge in [0.05, 0.1) is 6.61 Å². The van der Waals surface area contributed by atoms with Crippen LogP contribution < -0.4 is 4.74 Å². The molecule has 2 rings (SSSR count). The van der Waals surface area contributed by atoms with Crippen LogP contribution in [0.4, 0.5) is 4.39 Å². The first-order valence-corrected chi connectivity index (χ1v) is 3.60. The Balaban J connectivity index is 2.44. The number of nitrogens with zero attached hydrogens (tertiary/aromatic N) is 1. The molecule has 0 bridgehead atoms. The molecule has 3 heteroatoms. The van der Waals surface area contributed by atoms with Gasteiger partial charge >= 0.3 is 0 Å². The molecule has 2 nitrogen and oxygen atoms in total. The van der Waals surface area contributed by atoms with Crippen LogP contribution in [0.1, 0.15) is 18.2 Å². The Morgan fingerprint density at radius 2 is 2.55 bits per heavy atom. The third kappa shape index (κ3) is 1.06. The molecule has 0 spiro atoms. The predicted octanol–water partition coefficient (Wildman–Crippen LogP) is 1.87. The third-order valence-electron chi connectivity index (χ3n) is 1.75. The van der Waals surface area contributed by atoms with Gasteiger partial charge in [0, 0.05) is 18.2 Å². The Hall–Kier alpha value is -1.12. The van der Waals surface area contributed by atoms with Crippen molar-refractivity contribution in [3.8, 4) is 5.88 Å². The molecule has 1 aromatic rings. The van der Waals surface area contributed by atoms with Crippen molar-refractivity contribution in [3.63, 3.8) is 0 Å². The first kappa shape index (κ1) is 6.58. The molecule has 0 N–H and O–H groups in total. The second-order valence-corrected chi connectivity index (χ2v) is 2.50. The zero-order chi connectivity index (χ0) is 7.68. The van der Waals surface area contributed by atoms with Gasteiger partial charge in [-0.1, -0.05) is 0 Å². The molecule has 0 aromatic carbocycles. The molecule has 0 amide bonds. The molecule has 58 valence electrons. The molecule has 2 heterocycles. The first-order chi connectivity index (χ1) is 5.38. The van der Waals surface area contributed by atoms with E-state index in [2.05, 4.69) is 4.98 Å². The van der Waals surface area contributed by atoms with E-state index in [-0.39, 0.29) is 0 Å². The molecule has 0 saturated carbocycles. The van der Waals surface area contributed by atoms with Crippen LogP contribution in [0.5, 0.6) is 5.88 Å². The molecule has 0 fully saturated rings. The van der Waals surface area contributed by atoms with E-state index in [1.165, 1.54) is 0 Å². The van der Waals surface area contributed by atoms with E-state index in [1.54, 1.807) is 18.3 Å². The van der Waals surface area contributed by atoms with Gasteiger partial charge in [-0.2, -0.15) is 0 Å². The van der Waals surface area contributed by atoms with Crippen LogP contribution in [0.15, 0.2) is 18.3 Å². The summed E-state index contributed by atoms with van der Waals surface area (Å²) in [5.74, 6) is 0.450. The van der Waals surface area contributed by atoms with Gasteiger partial charge in [-0.05, 0) is 12.1 Å². The SMILES string of the molecule is FC1CCOc2ncccc21. The lowest BCUT2D eigenvalue weighted by molar-refractivity contribution is 0.193. The quantitative estimate of drug-likeness (QED) is 0.567. The number of rotatable bonds is 0. The van der Waals surface area contributed by atoms with Crippen molar-refractivity contribution in [2.24, 2.45) is 0 Å². The highest BCUT2D eigenvalue weighted by Gasteiger charge is 2.20. The smallest absolute Gasteiger partial charge is 0.219 e. The van der Waals surface area contributed by atoms with E-state index in [1.807, 2.05) is 0 Å². The minimum absolute atomic E-state index is 0.436. The Labute approximate surface area is 64.0 Å². The molecule has 1 aliphatic heterocycles. The van der Waals surface area contributed by atoms with Crippen molar-refractivity contribution in [2.45, 2.75) is 12.6 Å². The second kappa shape index (κ2) is 2.49. The minimum Gasteiger partial charge on any atom is -0.477 e. The molecular weight excluding hydrogens is 145 g/mol. The lowest BCUT2D eigenvalue weighted by Gasteiger charge is -2.18. The average molecular weight is 153 g/mol. The Bertz CT molecular complexity index is 264. The van der Waals surface area contributed by atoms with Crippen LogP contribution in [0.2, 0.25) is 0 Å². The van der Waals surface area contributed by atoms with E-state index in [0.29, 0.717) is 24.5 Å². The van der Waals surface area contributed by atoms with Gasteiger partial charge in [-0.25, -0.2) is 9.37 Å². The van der Waals surface area contributed by atoms with Crippen LogP contribution >= 0.6 is 0 Å². The van der Waals surface area contributed by atoms with Gasteiger partial charge in [0.15, 0.2) is 0 Å². The van der Waals surface area contributed by atoms with Crippen molar-refractivity contribution < 1.29 is 9.13 Å². The number of pyridine rings is 1. The summed E-state index contributed by atoms with van der Waals surface area (Å²) >= 11 is 0. The maximum Gasteiger partial charge on any atom is 0.219 e. The van der Waals surface area contributed by atoms with Crippen LogP contribution in [0.25, 0.3) is 0 Å². The summed E-state index contributed by atoms with van der Waals surface area (Å²) in [4.78, 5) is 3.91. The molecule has 0 saturated heterocycles. The highest BCUT2D eigenvalue weighted by atomic mass is 19.1. The van der Waals surface area contributed by atoms with Crippen molar-refractivity contribution in [3.05, 3.63) is 23.9 Å². The molecule has 11 heavy (non-hydrogen) atoms. The number of hydrogen-bond acceptors (Lipinski definition) is 2. The van der Waals surface area contributed by atoms with Gasteiger partial charge in [0.2, 0.25) is 5.88 Å². The maximum atomic E-state index is 13.1. The van der Waals surface area contributed by atoms with Crippen LogP contribution in [0, 0.1) is 0 Å². The topological polar surface area (TPSA) is 22.1 Å². The largest absolute Gasteiger partial charge is 0.477 e. The van der Waals surface area contributed by atoms with Gasteiger partial charge < -0.3 is 4.74 Å². The van der Waals surface area contributed by atoms with E-state index < -0.39 is 6.17 Å². The lowest BCUT2D eigenvalue weighted by Crippen LogP contribution is -2.11. The molecule has 1 aromatic heterocycles. The average Bonchev–Trinajstić information content (AvgIpc) is 2.06. The van der Waals surface area contributed by atoms with Crippen LogP contribution in [-0.2, 0) is 0 Å². The zero-order valence-electron chi connectivity index (χ0n) is 5.96. The summed E-state index contributed by atoms with van der Waals surface area (Å²) in [5.41, 5.74) is 0.582. The van der Waals surface area contributed by atoms with Crippen molar-refractivity contribution in [1.82, 2.24) is 4.98 Å². The molecule has 0 aliphatic carbocycles. The summed E-state index contributed by atoms with van der Waals surface area (Å²) in [6.45, 7) is 0.436. The van der Waals surface area contributed by atoms with E-state index in [0.717, 1.165) is 0 Å². The summed E-state index contributed by atoms with van der Waals surface area (Å²) < 4.78 is 18.2. The summed E-state index contributed by atoms with van der Waals surface area (Å²) in [6.07, 6.45) is 1.16. The lowest BCUT2D eigenvalue weighted by atomic mass is 10.1. The number of fused-ring (bicyclic) bond motifs is 1. The van der Waals surface area contributed by atoms with Crippen molar-refractivity contribution in [1.29, 1.82) is 0 Å². The number of ether oxygens (including phenoxy) is 1. The highest BCUT2D eigenvalue weighted by Crippen LogP contribution is 2.31. The first-order valence-electron chi connectivity index (χ1n) is 3.60. The van der Waals surface area contributed by atoms with E-state index >= 15 is 0 Å². The molecule has 1 unspecified atom stereocenters. The van der Waals surface area contributed by atoms with Crippen molar-refractivity contribution in [2.75, 3.05) is 6.61 Å². The number of hydrogen-bond donors (Lipinski definition) is 0. The monoisotopic (exact) mass is 153 g/mol. The summed E-state index contributed by atoms with van der Waals surface area (Å²) in [5, 5.41) is 0.